The first-order valence-corrected chi connectivity index (χ1v) is 40.6. The van der Waals surface area contributed by atoms with Crippen molar-refractivity contribution in [3.8, 4) is 11.5 Å². The number of carboxylic acids is 3. The Hall–Kier alpha value is -13.2. The van der Waals surface area contributed by atoms with E-state index in [1.54, 1.807) is 42.5 Å². The molecule has 656 valence electrons. The number of carbonyl (C=O) groups excluding carboxylic acids is 14. The van der Waals surface area contributed by atoms with Gasteiger partial charge in [0.2, 0.25) is 82.7 Å². The highest BCUT2D eigenvalue weighted by atomic mass is 33.1. The summed E-state index contributed by atoms with van der Waals surface area (Å²) in [6.45, 7) is 3.58. The van der Waals surface area contributed by atoms with Crippen molar-refractivity contribution >= 4 is 133 Å². The van der Waals surface area contributed by atoms with Crippen molar-refractivity contribution in [3.05, 3.63) is 150 Å². The molecular weight excluding hydrogens is 1640 g/mol. The molecule has 7 rings (SSSR count). The van der Waals surface area contributed by atoms with E-state index >= 15 is 4.79 Å². The van der Waals surface area contributed by atoms with Gasteiger partial charge in [-0.3, -0.25) is 76.7 Å². The summed E-state index contributed by atoms with van der Waals surface area (Å²) in [5.74, 6) is -25.1. The van der Waals surface area contributed by atoms with Crippen LogP contribution in [-0.2, 0) is 114 Å². The third-order valence-electron chi connectivity index (χ3n) is 19.0. The number of aliphatic carboxylic acids is 3. The Balaban J connectivity index is 1.29. The summed E-state index contributed by atoms with van der Waals surface area (Å²) in [7, 11) is 1.64. The molecule has 122 heavy (non-hydrogen) atoms. The Morgan fingerprint density at radius 1 is 0.410 bits per heavy atom. The van der Waals surface area contributed by atoms with E-state index in [0.717, 1.165) is 21.6 Å². The number of aromatic hydroxyl groups is 2. The van der Waals surface area contributed by atoms with Crippen molar-refractivity contribution in [2.24, 2.45) is 23.3 Å². The van der Waals surface area contributed by atoms with Gasteiger partial charge in [-0.2, -0.15) is 0 Å². The SMILES string of the molecule is CC(C)[C@@H]1NC(=O)[C@H](CC(N)=O)NC(=O)[C@H](Cc2ccc(O)cc2)NC(=O)[C@H](Cc2c[nH]c3ccccc23)NC(=O)[C@H](CC(=O)O)NC(=O)[C@H](Cc2ccc(O)cc2)NC(=O)[C@H](CC(=O)O)NC(=O)[C@H](Cc2ccccc2)NC(=O)[C@H](CO)NC(=O)[C@H](Cc2c[nH]cn2)NC(=O)[C@H](C(C)C)NC(=O)[C@H](CO)NC(=O)[C@@H](N)CSSC[C@@H](C(=O)O)NC1=O. The van der Waals surface area contributed by atoms with Crippen LogP contribution < -0.4 is 80.6 Å². The van der Waals surface area contributed by atoms with Gasteiger partial charge in [0.25, 0.3) is 0 Å². The first-order valence-electron chi connectivity index (χ1n) is 38.1. The number of carboxylic acid groups (broad SMARTS) is 3. The van der Waals surface area contributed by atoms with Crippen LogP contribution in [0.4, 0.5) is 0 Å². The van der Waals surface area contributed by atoms with E-state index in [1.165, 1.54) is 107 Å². The number of carbonyl (C=O) groups is 17. The van der Waals surface area contributed by atoms with Crippen LogP contribution in [-0.4, -0.2) is 261 Å². The lowest BCUT2D eigenvalue weighted by atomic mass is 10.00. The van der Waals surface area contributed by atoms with E-state index in [4.69, 9.17) is 11.5 Å². The number of para-hydroxylation sites is 1. The number of aromatic amines is 2. The molecule has 6 aromatic rings. The lowest BCUT2D eigenvalue weighted by Gasteiger charge is -2.29. The van der Waals surface area contributed by atoms with Gasteiger partial charge in [-0.1, -0.05) is 122 Å². The molecule has 26 N–H and O–H groups in total. The van der Waals surface area contributed by atoms with E-state index in [1.807, 2.05) is 0 Å². The minimum Gasteiger partial charge on any atom is -0.508 e. The third-order valence-corrected chi connectivity index (χ3v) is 21.4. The van der Waals surface area contributed by atoms with Crippen LogP contribution in [0.25, 0.3) is 10.9 Å². The first kappa shape index (κ1) is 95.9. The van der Waals surface area contributed by atoms with Crippen molar-refractivity contribution in [1.82, 2.24) is 84.1 Å². The lowest BCUT2D eigenvalue weighted by Crippen LogP contribution is -2.62. The molecule has 0 aliphatic carbocycles. The number of nitrogens with one attached hydrogen (secondary N) is 15. The number of imidazole rings is 1. The number of hydrogen-bond donors (Lipinski definition) is 24. The quantitative estimate of drug-likeness (QED) is 0.0300. The van der Waals surface area contributed by atoms with Crippen LogP contribution in [0.5, 0.6) is 11.5 Å². The third kappa shape index (κ3) is 29.6. The van der Waals surface area contributed by atoms with Gasteiger partial charge in [-0.05, 0) is 64.4 Å². The molecule has 2 aromatic heterocycles. The number of benzene rings is 4. The van der Waals surface area contributed by atoms with Gasteiger partial charge in [0.05, 0.1) is 50.5 Å². The molecule has 4 aromatic carbocycles. The number of H-pyrrole nitrogens is 2. The van der Waals surface area contributed by atoms with Crippen LogP contribution in [0.2, 0.25) is 0 Å². The van der Waals surface area contributed by atoms with Crippen molar-refractivity contribution in [2.75, 3.05) is 24.7 Å². The fourth-order valence-corrected chi connectivity index (χ4v) is 14.7. The number of hydrogen-bond acceptors (Lipinski definition) is 25. The van der Waals surface area contributed by atoms with Crippen LogP contribution in [0.15, 0.2) is 122 Å². The second-order valence-corrected chi connectivity index (χ2v) is 31.7. The normalized spacial score (nSPS) is 24.1. The predicted octanol–water partition coefficient (Wildman–Crippen LogP) is -4.95. The average Bonchev–Trinajstić information content (AvgIpc) is 1.59. The molecule has 0 bridgehead atoms. The zero-order chi connectivity index (χ0) is 89.6. The highest BCUT2D eigenvalue weighted by molar-refractivity contribution is 8.76. The van der Waals surface area contributed by atoms with Gasteiger partial charge in [-0.25, -0.2) is 9.78 Å². The number of phenolic OH excluding ortho intramolecular Hbond substituents is 2. The van der Waals surface area contributed by atoms with Gasteiger partial charge in [0, 0.05) is 66.9 Å². The Morgan fingerprint density at radius 3 is 1.20 bits per heavy atom. The molecule has 42 nitrogen and oxygen atoms in total. The smallest absolute Gasteiger partial charge is 0.327 e. The maximum Gasteiger partial charge on any atom is 0.327 e. The Morgan fingerprint density at radius 2 is 0.770 bits per heavy atom. The van der Waals surface area contributed by atoms with Gasteiger partial charge in [0.15, 0.2) is 0 Å². The summed E-state index contributed by atoms with van der Waals surface area (Å²) in [6.07, 6.45) is -1.94. The summed E-state index contributed by atoms with van der Waals surface area (Å²) < 4.78 is 0. The number of primary amides is 1. The number of aliphatic hydroxyl groups excluding tert-OH is 2. The van der Waals surface area contributed by atoms with Crippen molar-refractivity contribution in [2.45, 2.75) is 164 Å². The Kier molecular flexibility index (Phi) is 36.5. The number of fused-ring (bicyclic) bond motifs is 1. The first-order chi connectivity index (χ1) is 57.9. The number of aliphatic hydroxyl groups is 2. The Labute approximate surface area is 704 Å². The second kappa shape index (κ2) is 46.4. The standard InChI is InChI=1S/C78H98N18O24S2/c1-37(2)63-76(117)91-53(26-43-31-81-36-83-43)70(111)93-57(32-97)74(115)86-49(22-39-10-6-5-7-11-39)67(108)89-55(28-61(102)103)71(112)85-51(24-41-16-20-45(100)21-17-41)68(109)90-56(29-62(104)105)72(113)87-52(25-42-30-82-48-13-9-8-12-46(42)48)69(110)84-50(23-40-14-18-44(99)19-15-40)66(107)88-54(27-60(80)101)73(114)95-64(38(3)4)77(118)94-59(78(119)120)35-122-121-34-47(79)65(106)92-58(33-98)75(116)96-63/h5-21,30-31,36-38,47,49-59,63-64,82,97-100H,22-29,32-35,79H2,1-4H3,(H2,80,101)(H,81,83)(H,84,110)(H,85,112)(H,86,115)(H,87,113)(H,88,107)(H,89,108)(H,90,109)(H,91,117)(H,92,106)(H,93,111)(H,94,118)(H,95,114)(H,96,116)(H,102,103)(H,104,105)(H,119,120)/t47-,49-,50-,51-,52-,53-,54-,55-,56-,57-,58-,59-,63-,64-/m0/s1. The summed E-state index contributed by atoms with van der Waals surface area (Å²) in [5.41, 5.74) is 13.5. The Bertz CT molecular complexity index is 4720. The predicted molar refractivity (Wildman–Crippen MR) is 436 cm³/mol. The molecule has 1 aliphatic rings. The summed E-state index contributed by atoms with van der Waals surface area (Å²) in [4.78, 5) is 250. The van der Waals surface area contributed by atoms with Gasteiger partial charge in [-0.15, -0.1) is 0 Å². The van der Waals surface area contributed by atoms with E-state index in [9.17, 15) is 112 Å². The summed E-state index contributed by atoms with van der Waals surface area (Å²) in [6, 6.07) is -1.40. The van der Waals surface area contributed by atoms with E-state index in [-0.39, 0.29) is 34.1 Å². The van der Waals surface area contributed by atoms with E-state index in [2.05, 4.69) is 84.1 Å². The molecule has 3 heterocycles. The molecule has 1 aliphatic heterocycles. The molecule has 14 amide bonds. The minimum atomic E-state index is -2.21. The fourth-order valence-electron chi connectivity index (χ4n) is 12.4. The summed E-state index contributed by atoms with van der Waals surface area (Å²) in [5, 5.41) is 104. The molecule has 0 spiro atoms. The van der Waals surface area contributed by atoms with Crippen molar-refractivity contribution in [3.63, 3.8) is 0 Å². The number of amides is 14. The molecule has 1 fully saturated rings. The van der Waals surface area contributed by atoms with Crippen LogP contribution in [0.1, 0.15) is 74.9 Å². The number of nitrogens with two attached hydrogens (primary N) is 2. The van der Waals surface area contributed by atoms with E-state index in [0.29, 0.717) is 22.0 Å². The van der Waals surface area contributed by atoms with Crippen LogP contribution in [0.3, 0.4) is 0 Å². The van der Waals surface area contributed by atoms with Crippen LogP contribution >= 0.6 is 21.6 Å². The maximum absolute atomic E-state index is 15.2. The molecule has 44 heteroatoms. The highest BCUT2D eigenvalue weighted by Gasteiger charge is 2.41. The highest BCUT2D eigenvalue weighted by Crippen LogP contribution is 2.25. The minimum absolute atomic E-state index is 0.148. The van der Waals surface area contributed by atoms with Crippen LogP contribution in [0, 0.1) is 11.8 Å². The number of nitrogens with zero attached hydrogens (tertiary/aromatic N) is 1. The monoisotopic (exact) mass is 1730 g/mol. The average molecular weight is 1740 g/mol. The lowest BCUT2D eigenvalue weighted by molar-refractivity contribution is -0.142. The van der Waals surface area contributed by atoms with Gasteiger partial charge >= 0.3 is 17.9 Å². The molecular formula is C78H98N18O24S2. The molecule has 0 radical (unpaired) electrons. The zero-order valence-corrected chi connectivity index (χ0v) is 67.9. The number of phenols is 2. The van der Waals surface area contributed by atoms with Crippen molar-refractivity contribution in [1.29, 1.82) is 0 Å². The number of rotatable bonds is 21. The molecule has 14 atom stereocenters. The molecule has 0 unspecified atom stereocenters. The zero-order valence-electron chi connectivity index (χ0n) is 66.3. The number of aromatic nitrogens is 3. The second-order valence-electron chi connectivity index (χ2n) is 29.1. The maximum atomic E-state index is 15.2. The molecule has 1 saturated heterocycles. The summed E-state index contributed by atoms with van der Waals surface area (Å²) >= 11 is 0. The van der Waals surface area contributed by atoms with Gasteiger partial charge < -0.3 is 126 Å². The van der Waals surface area contributed by atoms with Gasteiger partial charge in [0.1, 0.15) is 90.0 Å². The topological polar surface area (TPSA) is 685 Å². The largest absolute Gasteiger partial charge is 0.508 e. The van der Waals surface area contributed by atoms with Crippen molar-refractivity contribution < 1.29 is 117 Å². The molecule has 0 saturated carbocycles. The van der Waals surface area contributed by atoms with E-state index < -0.39 is 267 Å². The fraction of sp³-hybridized carbons (Fsp3) is 0.410.